The Bertz CT molecular complexity index is 1100. The molecular formula is C23H27ClFN3O3S. The first kappa shape index (κ1) is 23.0. The van der Waals surface area contributed by atoms with E-state index in [0.29, 0.717) is 18.8 Å². The van der Waals surface area contributed by atoms with Crippen molar-refractivity contribution in [3.63, 3.8) is 0 Å². The number of para-hydroxylation sites is 1. The van der Waals surface area contributed by atoms with Gasteiger partial charge in [0.1, 0.15) is 16.4 Å². The van der Waals surface area contributed by atoms with Crippen LogP contribution in [0.15, 0.2) is 41.3 Å². The van der Waals surface area contributed by atoms with Crippen LogP contribution in [0.3, 0.4) is 0 Å². The van der Waals surface area contributed by atoms with Crippen LogP contribution in [0.1, 0.15) is 48.9 Å². The van der Waals surface area contributed by atoms with Gasteiger partial charge in [-0.1, -0.05) is 30.5 Å². The van der Waals surface area contributed by atoms with E-state index >= 15 is 0 Å². The van der Waals surface area contributed by atoms with Gasteiger partial charge in [-0.2, -0.15) is 4.31 Å². The number of hydrogen-bond donors (Lipinski definition) is 1. The maximum Gasteiger partial charge on any atom is 0.255 e. The molecule has 2 aliphatic heterocycles. The Morgan fingerprint density at radius 3 is 2.28 bits per heavy atom. The fourth-order valence-corrected chi connectivity index (χ4v) is 6.32. The highest BCUT2D eigenvalue weighted by Crippen LogP contribution is 2.32. The SMILES string of the molecule is O=C(Nc1c(F)cccc1N1CCCC1)c1ccc(Cl)c(S(=O)(=O)N2CCCCCC2)c1. The van der Waals surface area contributed by atoms with Gasteiger partial charge in [-0.25, -0.2) is 12.8 Å². The molecule has 1 amide bonds. The largest absolute Gasteiger partial charge is 0.370 e. The maximum atomic E-state index is 14.6. The molecule has 2 heterocycles. The van der Waals surface area contributed by atoms with Crippen LogP contribution >= 0.6 is 11.6 Å². The summed E-state index contributed by atoms with van der Waals surface area (Å²) in [6.45, 7) is 2.46. The number of carbonyl (C=O) groups excluding carboxylic acids is 1. The number of nitrogens with one attached hydrogen (secondary N) is 1. The van der Waals surface area contributed by atoms with E-state index in [-0.39, 0.29) is 21.2 Å². The van der Waals surface area contributed by atoms with Gasteiger partial charge >= 0.3 is 0 Å². The minimum atomic E-state index is -3.84. The van der Waals surface area contributed by atoms with Crippen LogP contribution in [0.25, 0.3) is 0 Å². The summed E-state index contributed by atoms with van der Waals surface area (Å²) < 4.78 is 42.5. The van der Waals surface area contributed by atoms with E-state index in [1.165, 1.54) is 28.6 Å². The molecule has 0 aliphatic carbocycles. The second kappa shape index (κ2) is 9.77. The molecule has 6 nitrogen and oxygen atoms in total. The highest BCUT2D eigenvalue weighted by atomic mass is 35.5. The summed E-state index contributed by atoms with van der Waals surface area (Å²) in [6, 6.07) is 8.84. The van der Waals surface area contributed by atoms with Crippen LogP contribution in [0.2, 0.25) is 5.02 Å². The molecule has 0 atom stereocenters. The molecule has 2 aromatic rings. The van der Waals surface area contributed by atoms with Crippen molar-refractivity contribution < 1.29 is 17.6 Å². The van der Waals surface area contributed by atoms with Crippen LogP contribution in [0, 0.1) is 5.82 Å². The lowest BCUT2D eigenvalue weighted by Crippen LogP contribution is -2.32. The number of amides is 1. The number of rotatable bonds is 5. The Morgan fingerprint density at radius 2 is 1.59 bits per heavy atom. The molecule has 172 valence electrons. The summed E-state index contributed by atoms with van der Waals surface area (Å²) >= 11 is 6.24. The third-order valence-electron chi connectivity index (χ3n) is 6.05. The predicted molar refractivity (Wildman–Crippen MR) is 124 cm³/mol. The molecule has 2 aliphatic rings. The Hall–Kier alpha value is -2.16. The Morgan fingerprint density at radius 1 is 0.938 bits per heavy atom. The van der Waals surface area contributed by atoms with Gasteiger partial charge in [-0.15, -0.1) is 0 Å². The van der Waals surface area contributed by atoms with Crippen LogP contribution in [-0.4, -0.2) is 44.8 Å². The third kappa shape index (κ3) is 4.77. The van der Waals surface area contributed by atoms with Crippen molar-refractivity contribution in [1.82, 2.24) is 4.31 Å². The molecule has 4 rings (SSSR count). The van der Waals surface area contributed by atoms with Crippen molar-refractivity contribution in [2.45, 2.75) is 43.4 Å². The van der Waals surface area contributed by atoms with Gasteiger partial charge in [0.25, 0.3) is 5.91 Å². The minimum absolute atomic E-state index is 0.0643. The molecule has 0 bridgehead atoms. The monoisotopic (exact) mass is 479 g/mol. The van der Waals surface area contributed by atoms with Gasteiger partial charge in [-0.3, -0.25) is 4.79 Å². The number of carbonyl (C=O) groups is 1. The lowest BCUT2D eigenvalue weighted by Gasteiger charge is -2.22. The van der Waals surface area contributed by atoms with E-state index < -0.39 is 21.7 Å². The Kier molecular flexibility index (Phi) is 7.02. The molecule has 9 heteroatoms. The molecule has 0 spiro atoms. The van der Waals surface area contributed by atoms with Gasteiger partial charge < -0.3 is 10.2 Å². The third-order valence-corrected chi connectivity index (χ3v) is 8.43. The van der Waals surface area contributed by atoms with Crippen molar-refractivity contribution in [2.75, 3.05) is 36.4 Å². The average Bonchev–Trinajstić information content (AvgIpc) is 3.16. The molecule has 32 heavy (non-hydrogen) atoms. The Balaban J connectivity index is 1.62. The average molecular weight is 480 g/mol. The number of nitrogens with zero attached hydrogens (tertiary/aromatic N) is 2. The second-order valence-electron chi connectivity index (χ2n) is 8.25. The fraction of sp³-hybridized carbons (Fsp3) is 0.435. The molecule has 2 aromatic carbocycles. The summed E-state index contributed by atoms with van der Waals surface area (Å²) in [7, 11) is -3.84. The number of sulfonamides is 1. The number of benzene rings is 2. The van der Waals surface area contributed by atoms with Crippen molar-refractivity contribution in [3.05, 3.63) is 52.8 Å². The van der Waals surface area contributed by atoms with Crippen LogP contribution in [0.4, 0.5) is 15.8 Å². The summed E-state index contributed by atoms with van der Waals surface area (Å²) in [4.78, 5) is 14.9. The molecule has 2 saturated heterocycles. The van der Waals surface area contributed by atoms with Crippen molar-refractivity contribution in [2.24, 2.45) is 0 Å². The summed E-state index contributed by atoms with van der Waals surface area (Å²) in [6.07, 6.45) is 5.60. The maximum absolute atomic E-state index is 14.6. The minimum Gasteiger partial charge on any atom is -0.370 e. The number of anilines is 2. The van der Waals surface area contributed by atoms with Gasteiger partial charge in [0.15, 0.2) is 0 Å². The van der Waals surface area contributed by atoms with Crippen molar-refractivity contribution in [3.8, 4) is 0 Å². The van der Waals surface area contributed by atoms with E-state index in [2.05, 4.69) is 5.32 Å². The quantitative estimate of drug-likeness (QED) is 0.662. The lowest BCUT2D eigenvalue weighted by molar-refractivity contribution is 0.102. The van der Waals surface area contributed by atoms with Gasteiger partial charge in [0.05, 0.1) is 10.7 Å². The zero-order valence-corrected chi connectivity index (χ0v) is 19.4. The van der Waals surface area contributed by atoms with E-state index in [1.54, 1.807) is 12.1 Å². The van der Waals surface area contributed by atoms with E-state index in [9.17, 15) is 17.6 Å². The summed E-state index contributed by atoms with van der Waals surface area (Å²) in [5.74, 6) is -1.12. The molecule has 0 aromatic heterocycles. The molecule has 0 saturated carbocycles. The molecule has 2 fully saturated rings. The molecule has 0 unspecified atom stereocenters. The molecule has 1 N–H and O–H groups in total. The van der Waals surface area contributed by atoms with Crippen LogP contribution in [-0.2, 0) is 10.0 Å². The Labute approximate surface area is 193 Å². The summed E-state index contributed by atoms with van der Waals surface area (Å²) in [5.41, 5.74) is 0.840. The predicted octanol–water partition coefficient (Wildman–Crippen LogP) is 4.90. The standard InChI is InChI=1S/C23H27ClFN3O3S/c24-18-11-10-17(16-21(18)32(30,31)28-14-3-1-2-4-15-28)23(29)26-22-19(25)8-7-9-20(22)27-12-5-6-13-27/h7-11,16H,1-6,12-15H2,(H,26,29). The zero-order valence-electron chi connectivity index (χ0n) is 17.8. The lowest BCUT2D eigenvalue weighted by atomic mass is 10.2. The second-order valence-corrected chi connectivity index (χ2v) is 10.6. The van der Waals surface area contributed by atoms with E-state index in [4.69, 9.17) is 11.6 Å². The molecular weight excluding hydrogens is 453 g/mol. The number of halogens is 2. The fourth-order valence-electron chi connectivity index (χ4n) is 4.31. The number of hydrogen-bond acceptors (Lipinski definition) is 4. The van der Waals surface area contributed by atoms with Crippen molar-refractivity contribution >= 4 is 38.9 Å². The normalized spacial score (nSPS) is 17.9. The smallest absolute Gasteiger partial charge is 0.255 e. The highest BCUT2D eigenvalue weighted by molar-refractivity contribution is 7.89. The molecule has 0 radical (unpaired) electrons. The van der Waals surface area contributed by atoms with Crippen molar-refractivity contribution in [1.29, 1.82) is 0 Å². The van der Waals surface area contributed by atoms with E-state index in [1.807, 2.05) is 4.90 Å². The first-order chi connectivity index (χ1) is 15.4. The van der Waals surface area contributed by atoms with Gasteiger partial charge in [-0.05, 0) is 56.0 Å². The van der Waals surface area contributed by atoms with Gasteiger partial charge in [0.2, 0.25) is 10.0 Å². The topological polar surface area (TPSA) is 69.7 Å². The zero-order chi connectivity index (χ0) is 22.7. The van der Waals surface area contributed by atoms with Gasteiger partial charge in [0, 0.05) is 31.7 Å². The van der Waals surface area contributed by atoms with Crippen LogP contribution < -0.4 is 10.2 Å². The first-order valence-electron chi connectivity index (χ1n) is 11.0. The first-order valence-corrected chi connectivity index (χ1v) is 12.8. The summed E-state index contributed by atoms with van der Waals surface area (Å²) in [5, 5.41) is 2.72. The van der Waals surface area contributed by atoms with Crippen LogP contribution in [0.5, 0.6) is 0 Å². The van der Waals surface area contributed by atoms with E-state index in [0.717, 1.165) is 51.6 Å². The highest BCUT2D eigenvalue weighted by Gasteiger charge is 2.28.